The molecule has 0 aliphatic carbocycles. The number of hydrogen-bond acceptors (Lipinski definition) is 2. The van der Waals surface area contributed by atoms with Crippen LogP contribution >= 0.6 is 0 Å². The zero-order valence-electron chi connectivity index (χ0n) is 8.61. The molecule has 0 bridgehead atoms. The number of aromatic amines is 1. The average Bonchev–Trinajstić information content (AvgIpc) is 2.88. The molecule has 0 saturated carbocycles. The Labute approximate surface area is 84.7 Å². The molecule has 14 heavy (non-hydrogen) atoms. The van der Waals surface area contributed by atoms with E-state index in [2.05, 4.69) is 22.9 Å². The Morgan fingerprint density at radius 3 is 3.14 bits per heavy atom. The Kier molecular flexibility index (Phi) is 2.89. The molecule has 3 heteroatoms. The van der Waals surface area contributed by atoms with Crippen LogP contribution in [0.4, 0.5) is 0 Å². The van der Waals surface area contributed by atoms with Gasteiger partial charge in [-0.1, -0.05) is 0 Å². The van der Waals surface area contributed by atoms with Crippen molar-refractivity contribution in [1.29, 1.82) is 0 Å². The molecule has 1 aliphatic rings. The van der Waals surface area contributed by atoms with Crippen LogP contribution in [0.3, 0.4) is 0 Å². The van der Waals surface area contributed by atoms with E-state index in [0.29, 0.717) is 18.6 Å². The summed E-state index contributed by atoms with van der Waals surface area (Å²) in [6.07, 6.45) is 3.09. The Hall–Kier alpha value is -0.800. The highest BCUT2D eigenvalue weighted by Gasteiger charge is 2.26. The van der Waals surface area contributed by atoms with Gasteiger partial charge in [-0.25, -0.2) is 0 Å². The van der Waals surface area contributed by atoms with Crippen LogP contribution in [0.25, 0.3) is 0 Å². The molecule has 2 rings (SSSR count). The first-order valence-electron chi connectivity index (χ1n) is 5.29. The van der Waals surface area contributed by atoms with Crippen molar-refractivity contribution in [1.82, 2.24) is 9.88 Å². The van der Waals surface area contributed by atoms with Gasteiger partial charge in [-0.05, 0) is 37.9 Å². The van der Waals surface area contributed by atoms with Crippen LogP contribution < -0.4 is 0 Å². The summed E-state index contributed by atoms with van der Waals surface area (Å²) in [6.45, 7) is 4.67. The smallest absolute Gasteiger partial charge is 0.0471 e. The fourth-order valence-electron chi connectivity index (χ4n) is 2.16. The van der Waals surface area contributed by atoms with Crippen molar-refractivity contribution in [3.05, 3.63) is 24.0 Å². The minimum absolute atomic E-state index is 0.327. The predicted molar refractivity (Wildman–Crippen MR) is 56.0 cm³/mol. The van der Waals surface area contributed by atoms with E-state index in [-0.39, 0.29) is 0 Å². The summed E-state index contributed by atoms with van der Waals surface area (Å²) in [5, 5.41) is 9.06. The maximum atomic E-state index is 9.06. The number of likely N-dealkylation sites (tertiary alicyclic amines) is 1. The topological polar surface area (TPSA) is 39.3 Å². The zero-order valence-corrected chi connectivity index (χ0v) is 8.61. The normalized spacial score (nSPS) is 25.4. The summed E-state index contributed by atoms with van der Waals surface area (Å²) in [5.41, 5.74) is 1.27. The minimum atomic E-state index is 0.327. The van der Waals surface area contributed by atoms with Gasteiger partial charge in [0.1, 0.15) is 0 Å². The molecule has 0 unspecified atom stereocenters. The Balaban J connectivity index is 1.97. The lowest BCUT2D eigenvalue weighted by Crippen LogP contribution is -2.25. The fourth-order valence-corrected chi connectivity index (χ4v) is 2.16. The summed E-state index contributed by atoms with van der Waals surface area (Å²) >= 11 is 0. The van der Waals surface area contributed by atoms with Crippen LogP contribution in [0.5, 0.6) is 0 Å². The maximum Gasteiger partial charge on any atom is 0.0471 e. The fraction of sp³-hybridized carbons (Fsp3) is 0.636. The summed E-state index contributed by atoms with van der Waals surface area (Å²) in [7, 11) is 0. The molecule has 1 aromatic heterocycles. The number of nitrogens with one attached hydrogen (secondary N) is 1. The largest absolute Gasteiger partial charge is 0.396 e. The molecule has 1 saturated heterocycles. The van der Waals surface area contributed by atoms with Gasteiger partial charge in [0.15, 0.2) is 0 Å². The second-order valence-electron chi connectivity index (χ2n) is 4.13. The van der Waals surface area contributed by atoms with Crippen molar-refractivity contribution in [3.8, 4) is 0 Å². The van der Waals surface area contributed by atoms with E-state index in [9.17, 15) is 0 Å². The van der Waals surface area contributed by atoms with Crippen LogP contribution in [-0.4, -0.2) is 34.7 Å². The van der Waals surface area contributed by atoms with E-state index in [1.165, 1.54) is 5.69 Å². The molecule has 2 atom stereocenters. The lowest BCUT2D eigenvalue weighted by molar-refractivity contribution is 0.203. The van der Waals surface area contributed by atoms with Crippen molar-refractivity contribution < 1.29 is 5.11 Å². The Morgan fingerprint density at radius 2 is 2.57 bits per heavy atom. The van der Waals surface area contributed by atoms with Crippen LogP contribution in [0.15, 0.2) is 18.3 Å². The summed E-state index contributed by atoms with van der Waals surface area (Å²) in [6, 6.07) is 4.60. The van der Waals surface area contributed by atoms with Gasteiger partial charge < -0.3 is 10.1 Å². The van der Waals surface area contributed by atoms with Gasteiger partial charge in [0, 0.05) is 31.1 Å². The standard InChI is InChI=1S/C11H18N2O/c1-9(11-3-2-5-12-11)13-6-4-10(7-13)8-14/h2-3,5,9-10,12,14H,4,6-8H2,1H3/t9-,10-/m1/s1. The number of nitrogens with zero attached hydrogens (tertiary/aromatic N) is 1. The molecule has 0 spiro atoms. The first-order chi connectivity index (χ1) is 6.81. The monoisotopic (exact) mass is 194 g/mol. The molecule has 2 N–H and O–H groups in total. The second kappa shape index (κ2) is 4.15. The summed E-state index contributed by atoms with van der Waals surface area (Å²) in [5.74, 6) is 0.479. The molecule has 78 valence electrons. The van der Waals surface area contributed by atoms with Gasteiger partial charge >= 0.3 is 0 Å². The molecule has 3 nitrogen and oxygen atoms in total. The van der Waals surface area contributed by atoms with Crippen molar-refractivity contribution >= 4 is 0 Å². The predicted octanol–water partition coefficient (Wildman–Crippen LogP) is 1.39. The minimum Gasteiger partial charge on any atom is -0.396 e. The third-order valence-corrected chi connectivity index (χ3v) is 3.20. The first kappa shape index (κ1) is 9.74. The first-order valence-corrected chi connectivity index (χ1v) is 5.29. The molecule has 1 fully saturated rings. The van der Waals surface area contributed by atoms with Crippen molar-refractivity contribution in [3.63, 3.8) is 0 Å². The van der Waals surface area contributed by atoms with E-state index in [1.807, 2.05) is 12.3 Å². The molecule has 0 radical (unpaired) electrons. The Bertz CT molecular complexity index is 271. The number of rotatable bonds is 3. The average molecular weight is 194 g/mol. The highest BCUT2D eigenvalue weighted by Crippen LogP contribution is 2.25. The van der Waals surface area contributed by atoms with Crippen LogP contribution in [0, 0.1) is 5.92 Å². The van der Waals surface area contributed by atoms with Crippen LogP contribution in [0.2, 0.25) is 0 Å². The van der Waals surface area contributed by atoms with E-state index in [0.717, 1.165) is 19.5 Å². The third-order valence-electron chi connectivity index (χ3n) is 3.20. The van der Waals surface area contributed by atoms with Crippen molar-refractivity contribution in [2.24, 2.45) is 5.92 Å². The van der Waals surface area contributed by atoms with E-state index in [1.54, 1.807) is 0 Å². The molecule has 1 aliphatic heterocycles. The lowest BCUT2D eigenvalue weighted by Gasteiger charge is -2.23. The number of aliphatic hydroxyl groups excluding tert-OH is 1. The molecule has 2 heterocycles. The molecular formula is C11H18N2O. The van der Waals surface area contributed by atoms with Crippen LogP contribution in [0.1, 0.15) is 25.1 Å². The van der Waals surface area contributed by atoms with Gasteiger partial charge in [-0.3, -0.25) is 4.90 Å². The third kappa shape index (κ3) is 1.83. The quantitative estimate of drug-likeness (QED) is 0.763. The number of H-pyrrole nitrogens is 1. The second-order valence-corrected chi connectivity index (χ2v) is 4.13. The summed E-state index contributed by atoms with van der Waals surface area (Å²) in [4.78, 5) is 5.67. The van der Waals surface area contributed by atoms with E-state index < -0.39 is 0 Å². The van der Waals surface area contributed by atoms with Crippen molar-refractivity contribution in [2.45, 2.75) is 19.4 Å². The van der Waals surface area contributed by atoms with Gasteiger partial charge in [0.2, 0.25) is 0 Å². The highest BCUT2D eigenvalue weighted by atomic mass is 16.3. The van der Waals surface area contributed by atoms with Gasteiger partial charge in [-0.15, -0.1) is 0 Å². The lowest BCUT2D eigenvalue weighted by atomic mass is 10.1. The number of aliphatic hydroxyl groups is 1. The Morgan fingerprint density at radius 1 is 1.71 bits per heavy atom. The maximum absolute atomic E-state index is 9.06. The number of hydrogen-bond donors (Lipinski definition) is 2. The molecular weight excluding hydrogens is 176 g/mol. The van der Waals surface area contributed by atoms with Crippen LogP contribution in [-0.2, 0) is 0 Å². The van der Waals surface area contributed by atoms with Gasteiger partial charge in [0.25, 0.3) is 0 Å². The van der Waals surface area contributed by atoms with Gasteiger partial charge in [-0.2, -0.15) is 0 Å². The summed E-state index contributed by atoms with van der Waals surface area (Å²) < 4.78 is 0. The zero-order chi connectivity index (χ0) is 9.97. The molecule has 0 amide bonds. The van der Waals surface area contributed by atoms with Crippen molar-refractivity contribution in [2.75, 3.05) is 19.7 Å². The SMILES string of the molecule is C[C@H](c1ccc[nH]1)N1CC[C@@H](CO)C1. The van der Waals surface area contributed by atoms with E-state index in [4.69, 9.17) is 5.11 Å². The molecule has 0 aromatic carbocycles. The van der Waals surface area contributed by atoms with E-state index >= 15 is 0 Å². The highest BCUT2D eigenvalue weighted by molar-refractivity contribution is 5.08. The molecule has 1 aromatic rings. The van der Waals surface area contributed by atoms with Gasteiger partial charge in [0.05, 0.1) is 0 Å². The number of aromatic nitrogens is 1.